The molecule has 2 aromatic rings. The topological polar surface area (TPSA) is 66.5 Å². The van der Waals surface area contributed by atoms with E-state index in [2.05, 4.69) is 5.32 Å². The van der Waals surface area contributed by atoms with Gasteiger partial charge >= 0.3 is 0 Å². The van der Waals surface area contributed by atoms with Gasteiger partial charge < -0.3 is 5.32 Å². The molecule has 0 radical (unpaired) electrons. The zero-order valence-electron chi connectivity index (χ0n) is 14.4. The van der Waals surface area contributed by atoms with E-state index < -0.39 is 27.8 Å². The van der Waals surface area contributed by atoms with Crippen LogP contribution in [0.2, 0.25) is 5.02 Å². The molecule has 1 unspecified atom stereocenters. The predicted octanol–water partition coefficient (Wildman–Crippen LogP) is 3.34. The molecule has 0 heterocycles. The average molecular weight is 399 g/mol. The summed E-state index contributed by atoms with van der Waals surface area (Å²) < 4.78 is 38.9. The normalized spacial score (nSPS) is 12.5. The summed E-state index contributed by atoms with van der Waals surface area (Å²) in [7, 11) is -3.71. The Labute approximate surface area is 157 Å². The maximum Gasteiger partial charge on any atom is 0.244 e. The molecule has 5 nitrogen and oxygen atoms in total. The van der Waals surface area contributed by atoms with Crippen molar-refractivity contribution in [2.24, 2.45) is 0 Å². The third kappa shape index (κ3) is 5.19. The minimum absolute atomic E-state index is 0.102. The van der Waals surface area contributed by atoms with E-state index in [-0.39, 0.29) is 13.0 Å². The van der Waals surface area contributed by atoms with Gasteiger partial charge in [-0.1, -0.05) is 30.7 Å². The zero-order chi connectivity index (χ0) is 19.3. The van der Waals surface area contributed by atoms with Crippen molar-refractivity contribution >= 4 is 33.2 Å². The van der Waals surface area contributed by atoms with E-state index in [0.717, 1.165) is 10.6 Å². The van der Waals surface area contributed by atoms with Crippen LogP contribution in [0.15, 0.2) is 48.5 Å². The molecule has 140 valence electrons. The summed E-state index contributed by atoms with van der Waals surface area (Å²) >= 11 is 5.86. The first kappa shape index (κ1) is 20.2. The molecule has 26 heavy (non-hydrogen) atoms. The molecule has 0 aliphatic carbocycles. The van der Waals surface area contributed by atoms with Crippen LogP contribution in [0, 0.1) is 5.82 Å². The number of sulfonamides is 1. The smallest absolute Gasteiger partial charge is 0.244 e. The first-order valence-corrected chi connectivity index (χ1v) is 10.2. The summed E-state index contributed by atoms with van der Waals surface area (Å²) in [5, 5.41) is 3.14. The Morgan fingerprint density at radius 2 is 1.88 bits per heavy atom. The van der Waals surface area contributed by atoms with Crippen molar-refractivity contribution in [2.75, 3.05) is 10.6 Å². The Morgan fingerprint density at radius 1 is 1.23 bits per heavy atom. The lowest BCUT2D eigenvalue weighted by Gasteiger charge is -2.30. The van der Waals surface area contributed by atoms with E-state index in [9.17, 15) is 17.6 Å². The number of rotatable bonds is 7. The number of nitrogens with one attached hydrogen (secondary N) is 1. The van der Waals surface area contributed by atoms with Crippen molar-refractivity contribution in [3.8, 4) is 0 Å². The first-order chi connectivity index (χ1) is 12.2. The second kappa shape index (κ2) is 8.51. The summed E-state index contributed by atoms with van der Waals surface area (Å²) in [5.41, 5.74) is 0.940. The van der Waals surface area contributed by atoms with E-state index >= 15 is 0 Å². The number of nitrogens with zero attached hydrogens (tertiary/aromatic N) is 1. The van der Waals surface area contributed by atoms with Gasteiger partial charge in [-0.05, 0) is 48.4 Å². The highest BCUT2D eigenvalue weighted by Crippen LogP contribution is 2.24. The Balaban J connectivity index is 2.23. The van der Waals surface area contributed by atoms with Gasteiger partial charge in [-0.2, -0.15) is 0 Å². The predicted molar refractivity (Wildman–Crippen MR) is 101 cm³/mol. The molecule has 0 aromatic heterocycles. The number of amides is 1. The van der Waals surface area contributed by atoms with E-state index in [0.29, 0.717) is 16.3 Å². The molecule has 0 aliphatic heterocycles. The van der Waals surface area contributed by atoms with Crippen molar-refractivity contribution in [3.63, 3.8) is 0 Å². The van der Waals surface area contributed by atoms with Gasteiger partial charge in [-0.15, -0.1) is 0 Å². The zero-order valence-corrected chi connectivity index (χ0v) is 16.0. The third-order valence-electron chi connectivity index (χ3n) is 3.77. The van der Waals surface area contributed by atoms with Crippen LogP contribution in [0.5, 0.6) is 0 Å². The van der Waals surface area contributed by atoms with E-state index in [1.54, 1.807) is 43.3 Å². The van der Waals surface area contributed by atoms with Gasteiger partial charge in [0.2, 0.25) is 15.9 Å². The molecule has 0 aliphatic rings. The Hall–Kier alpha value is -2.12. The lowest BCUT2D eigenvalue weighted by atomic mass is 10.1. The van der Waals surface area contributed by atoms with Crippen molar-refractivity contribution in [2.45, 2.75) is 25.9 Å². The number of hydrogen-bond acceptors (Lipinski definition) is 3. The molecule has 8 heteroatoms. The Morgan fingerprint density at radius 3 is 2.42 bits per heavy atom. The van der Waals surface area contributed by atoms with Gasteiger partial charge in [-0.25, -0.2) is 12.8 Å². The maximum absolute atomic E-state index is 13.2. The Bertz CT molecular complexity index is 872. The summed E-state index contributed by atoms with van der Waals surface area (Å²) in [5.74, 6) is -0.861. The molecule has 1 N–H and O–H groups in total. The molecule has 2 aromatic carbocycles. The largest absolute Gasteiger partial charge is 0.350 e. The molecule has 1 amide bonds. The van der Waals surface area contributed by atoms with Crippen LogP contribution in [-0.2, 0) is 21.4 Å². The molecular weight excluding hydrogens is 379 g/mol. The van der Waals surface area contributed by atoms with E-state index in [1.165, 1.54) is 12.1 Å². The second-order valence-electron chi connectivity index (χ2n) is 5.81. The minimum atomic E-state index is -3.71. The molecule has 2 rings (SSSR count). The second-order valence-corrected chi connectivity index (χ2v) is 8.10. The quantitative estimate of drug-likeness (QED) is 0.777. The van der Waals surface area contributed by atoms with E-state index in [4.69, 9.17) is 11.6 Å². The van der Waals surface area contributed by atoms with Crippen molar-refractivity contribution in [1.82, 2.24) is 5.32 Å². The van der Waals surface area contributed by atoms with Crippen LogP contribution in [-0.4, -0.2) is 26.6 Å². The lowest BCUT2D eigenvalue weighted by Crippen LogP contribution is -2.49. The van der Waals surface area contributed by atoms with Crippen LogP contribution in [0.4, 0.5) is 10.1 Å². The number of anilines is 1. The maximum atomic E-state index is 13.2. The SMILES string of the molecule is CCC(C(=O)NCc1cccc(F)c1)N(c1ccc(Cl)cc1)S(C)(=O)=O. The molecule has 0 saturated carbocycles. The van der Waals surface area contributed by atoms with Gasteiger partial charge in [0.05, 0.1) is 11.9 Å². The number of halogens is 2. The van der Waals surface area contributed by atoms with Gasteiger partial charge in [0.1, 0.15) is 11.9 Å². The molecule has 0 bridgehead atoms. The van der Waals surface area contributed by atoms with Crippen LogP contribution in [0.25, 0.3) is 0 Å². The number of carbonyl (C=O) groups excluding carboxylic acids is 1. The Kier molecular flexibility index (Phi) is 6.61. The van der Waals surface area contributed by atoms with Crippen molar-refractivity contribution in [1.29, 1.82) is 0 Å². The average Bonchev–Trinajstić information content (AvgIpc) is 2.57. The van der Waals surface area contributed by atoms with Gasteiger partial charge in [-0.3, -0.25) is 9.10 Å². The van der Waals surface area contributed by atoms with Crippen molar-refractivity contribution in [3.05, 3.63) is 64.9 Å². The molecule has 1 atom stereocenters. The van der Waals surface area contributed by atoms with Crippen LogP contribution >= 0.6 is 11.6 Å². The molecule has 0 saturated heterocycles. The van der Waals surface area contributed by atoms with Gasteiger partial charge in [0.25, 0.3) is 0 Å². The molecule has 0 spiro atoms. The lowest BCUT2D eigenvalue weighted by molar-refractivity contribution is -0.122. The fraction of sp³-hybridized carbons (Fsp3) is 0.278. The fourth-order valence-electron chi connectivity index (χ4n) is 2.60. The van der Waals surface area contributed by atoms with Crippen LogP contribution < -0.4 is 9.62 Å². The summed E-state index contributed by atoms with van der Waals surface area (Å²) in [6.07, 6.45) is 1.31. The van der Waals surface area contributed by atoms with Gasteiger partial charge in [0, 0.05) is 11.6 Å². The highest BCUT2D eigenvalue weighted by atomic mass is 35.5. The highest BCUT2D eigenvalue weighted by Gasteiger charge is 2.31. The standard InChI is InChI=1S/C18H20ClFN2O3S/c1-3-17(18(23)21-12-13-5-4-6-15(20)11-13)22(26(2,24)25)16-9-7-14(19)8-10-16/h4-11,17H,3,12H2,1-2H3,(H,21,23). The van der Waals surface area contributed by atoms with Gasteiger partial charge in [0.15, 0.2) is 0 Å². The fourth-order valence-corrected chi connectivity index (χ4v) is 3.94. The number of carbonyl (C=O) groups is 1. The van der Waals surface area contributed by atoms with E-state index in [1.807, 2.05) is 0 Å². The first-order valence-electron chi connectivity index (χ1n) is 7.99. The van der Waals surface area contributed by atoms with Crippen molar-refractivity contribution < 1.29 is 17.6 Å². The summed E-state index contributed by atoms with van der Waals surface area (Å²) in [6, 6.07) is 11.1. The highest BCUT2D eigenvalue weighted by molar-refractivity contribution is 7.92. The van der Waals surface area contributed by atoms with Crippen LogP contribution in [0.1, 0.15) is 18.9 Å². The summed E-state index contributed by atoms with van der Waals surface area (Å²) in [6.45, 7) is 1.83. The minimum Gasteiger partial charge on any atom is -0.350 e. The van der Waals surface area contributed by atoms with Crippen LogP contribution in [0.3, 0.4) is 0 Å². The monoisotopic (exact) mass is 398 g/mol. The number of benzene rings is 2. The summed E-state index contributed by atoms with van der Waals surface area (Å²) in [4.78, 5) is 12.6. The number of hydrogen-bond donors (Lipinski definition) is 1. The third-order valence-corrected chi connectivity index (χ3v) is 5.20. The molecular formula is C18H20ClFN2O3S. The molecule has 0 fully saturated rings.